The van der Waals surface area contributed by atoms with Gasteiger partial charge in [0.15, 0.2) is 0 Å². The number of benzene rings is 1. The third kappa shape index (κ3) is 3.34. The molecule has 2 rings (SSSR count). The highest BCUT2D eigenvalue weighted by Gasteiger charge is 2.20. The quantitative estimate of drug-likeness (QED) is 0.830. The Labute approximate surface area is 116 Å². The van der Waals surface area contributed by atoms with Crippen molar-refractivity contribution in [3.63, 3.8) is 0 Å². The minimum Gasteiger partial charge on any atom is -0.478 e. The van der Waals surface area contributed by atoms with Gasteiger partial charge in [0.1, 0.15) is 0 Å². The number of carboxylic acid groups (broad SMARTS) is 1. The van der Waals surface area contributed by atoms with Crippen molar-refractivity contribution < 1.29 is 19.5 Å². The summed E-state index contributed by atoms with van der Waals surface area (Å²) in [5.74, 6) is -1.26. The summed E-state index contributed by atoms with van der Waals surface area (Å²) in [6.07, 6.45) is 0.322. The van der Waals surface area contributed by atoms with E-state index in [-0.39, 0.29) is 30.2 Å². The average Bonchev–Trinajstić information content (AvgIpc) is 2.64. The van der Waals surface area contributed by atoms with E-state index in [0.29, 0.717) is 25.2 Å². The Morgan fingerprint density at radius 3 is 2.75 bits per heavy atom. The summed E-state index contributed by atoms with van der Waals surface area (Å²) < 4.78 is 0. The van der Waals surface area contributed by atoms with Crippen LogP contribution in [0.2, 0.25) is 0 Å². The lowest BCUT2D eigenvalue weighted by atomic mass is 10.0. The molecule has 0 aliphatic carbocycles. The number of carboxylic acids is 1. The predicted molar refractivity (Wildman–Crippen MR) is 71.3 cm³/mol. The van der Waals surface area contributed by atoms with Crippen LogP contribution in [0.5, 0.6) is 0 Å². The average molecular weight is 276 g/mol. The van der Waals surface area contributed by atoms with E-state index in [9.17, 15) is 14.4 Å². The van der Waals surface area contributed by atoms with Crippen molar-refractivity contribution in [2.24, 2.45) is 0 Å². The number of hydrogen-bond acceptors (Lipinski definition) is 3. The van der Waals surface area contributed by atoms with E-state index in [1.165, 1.54) is 6.07 Å². The van der Waals surface area contributed by atoms with Crippen molar-refractivity contribution in [2.45, 2.75) is 12.8 Å². The van der Waals surface area contributed by atoms with E-state index in [4.69, 9.17) is 5.11 Å². The Morgan fingerprint density at radius 1 is 1.25 bits per heavy atom. The molecule has 0 bridgehead atoms. The van der Waals surface area contributed by atoms with Gasteiger partial charge in [0, 0.05) is 26.1 Å². The molecular formula is C14H16N2O4. The summed E-state index contributed by atoms with van der Waals surface area (Å²) in [4.78, 5) is 36.1. The van der Waals surface area contributed by atoms with Crippen LogP contribution in [0.15, 0.2) is 24.3 Å². The lowest BCUT2D eigenvalue weighted by Gasteiger charge is -2.19. The van der Waals surface area contributed by atoms with Crippen LogP contribution in [-0.2, 0) is 16.0 Å². The van der Waals surface area contributed by atoms with Gasteiger partial charge in [-0.1, -0.05) is 18.2 Å². The predicted octanol–water partition coefficient (Wildman–Crippen LogP) is 0.276. The van der Waals surface area contributed by atoms with Crippen molar-refractivity contribution in [1.82, 2.24) is 10.2 Å². The molecular weight excluding hydrogens is 260 g/mol. The first kappa shape index (κ1) is 14.0. The Hall–Kier alpha value is -2.37. The number of amides is 2. The maximum Gasteiger partial charge on any atom is 0.335 e. The summed E-state index contributed by atoms with van der Waals surface area (Å²) in [5.41, 5.74) is 0.637. The van der Waals surface area contributed by atoms with E-state index < -0.39 is 5.97 Å². The second kappa shape index (κ2) is 6.18. The zero-order valence-corrected chi connectivity index (χ0v) is 11.0. The first-order valence-electron chi connectivity index (χ1n) is 6.43. The molecule has 2 amide bonds. The van der Waals surface area contributed by atoms with Crippen LogP contribution in [0.3, 0.4) is 0 Å². The normalized spacial score (nSPS) is 15.4. The number of rotatable bonds is 3. The van der Waals surface area contributed by atoms with Crippen molar-refractivity contribution in [3.05, 3.63) is 35.4 Å². The van der Waals surface area contributed by atoms with E-state index in [1.807, 2.05) is 0 Å². The molecule has 1 saturated heterocycles. The SMILES string of the molecule is O=C1CCN(C(=O)Cc2ccccc2C(=O)O)CCN1. The lowest BCUT2D eigenvalue weighted by Crippen LogP contribution is -2.35. The van der Waals surface area contributed by atoms with Gasteiger partial charge in [-0.3, -0.25) is 9.59 Å². The molecule has 2 N–H and O–H groups in total. The molecule has 1 heterocycles. The fraction of sp³-hybridized carbons (Fsp3) is 0.357. The lowest BCUT2D eigenvalue weighted by molar-refractivity contribution is -0.130. The van der Waals surface area contributed by atoms with Crippen LogP contribution < -0.4 is 5.32 Å². The minimum absolute atomic E-state index is 0.0384. The summed E-state index contributed by atoms with van der Waals surface area (Å²) in [6.45, 7) is 1.27. The van der Waals surface area contributed by atoms with Crippen LogP contribution in [-0.4, -0.2) is 47.4 Å². The number of carbonyl (C=O) groups excluding carboxylic acids is 2. The third-order valence-corrected chi connectivity index (χ3v) is 3.25. The first-order chi connectivity index (χ1) is 9.58. The Bertz CT molecular complexity index is 542. The molecule has 1 aliphatic rings. The number of hydrogen-bond donors (Lipinski definition) is 2. The summed E-state index contributed by atoms with van der Waals surface area (Å²) in [6, 6.07) is 6.47. The molecule has 1 aliphatic heterocycles. The van der Waals surface area contributed by atoms with Gasteiger partial charge in [0.05, 0.1) is 12.0 Å². The maximum atomic E-state index is 12.2. The van der Waals surface area contributed by atoms with E-state index in [1.54, 1.807) is 23.1 Å². The van der Waals surface area contributed by atoms with Crippen LogP contribution in [0.4, 0.5) is 0 Å². The Balaban J connectivity index is 2.08. The van der Waals surface area contributed by atoms with Gasteiger partial charge in [-0.05, 0) is 11.6 Å². The van der Waals surface area contributed by atoms with Gasteiger partial charge in [-0.15, -0.1) is 0 Å². The van der Waals surface area contributed by atoms with Crippen molar-refractivity contribution in [1.29, 1.82) is 0 Å². The molecule has 0 radical (unpaired) electrons. The molecule has 106 valence electrons. The Morgan fingerprint density at radius 2 is 2.00 bits per heavy atom. The molecule has 0 unspecified atom stereocenters. The van der Waals surface area contributed by atoms with Gasteiger partial charge in [0.2, 0.25) is 11.8 Å². The van der Waals surface area contributed by atoms with E-state index in [0.717, 1.165) is 0 Å². The van der Waals surface area contributed by atoms with Gasteiger partial charge in [-0.25, -0.2) is 4.79 Å². The molecule has 0 atom stereocenters. The molecule has 20 heavy (non-hydrogen) atoms. The highest BCUT2D eigenvalue weighted by Crippen LogP contribution is 2.11. The smallest absolute Gasteiger partial charge is 0.335 e. The first-order valence-corrected chi connectivity index (χ1v) is 6.43. The number of aromatic carboxylic acids is 1. The minimum atomic E-state index is -1.04. The van der Waals surface area contributed by atoms with Gasteiger partial charge < -0.3 is 15.3 Å². The van der Waals surface area contributed by atoms with Crippen molar-refractivity contribution in [3.8, 4) is 0 Å². The monoisotopic (exact) mass is 276 g/mol. The molecule has 6 nitrogen and oxygen atoms in total. The Kier molecular flexibility index (Phi) is 4.34. The second-order valence-electron chi connectivity index (χ2n) is 4.62. The molecule has 1 aromatic carbocycles. The van der Waals surface area contributed by atoms with Crippen LogP contribution >= 0.6 is 0 Å². The highest BCUT2D eigenvalue weighted by molar-refractivity contribution is 5.91. The van der Waals surface area contributed by atoms with Crippen LogP contribution in [0.1, 0.15) is 22.3 Å². The van der Waals surface area contributed by atoms with Crippen molar-refractivity contribution in [2.75, 3.05) is 19.6 Å². The van der Waals surface area contributed by atoms with Crippen LogP contribution in [0.25, 0.3) is 0 Å². The molecule has 1 aromatic rings. The topological polar surface area (TPSA) is 86.7 Å². The summed E-state index contributed by atoms with van der Waals surface area (Å²) >= 11 is 0. The highest BCUT2D eigenvalue weighted by atomic mass is 16.4. The summed E-state index contributed by atoms with van der Waals surface area (Å²) in [7, 11) is 0. The molecule has 1 fully saturated rings. The fourth-order valence-corrected chi connectivity index (χ4v) is 2.17. The van der Waals surface area contributed by atoms with Gasteiger partial charge >= 0.3 is 5.97 Å². The fourth-order valence-electron chi connectivity index (χ4n) is 2.17. The van der Waals surface area contributed by atoms with Gasteiger partial charge in [-0.2, -0.15) is 0 Å². The van der Waals surface area contributed by atoms with Gasteiger partial charge in [0.25, 0.3) is 0 Å². The van der Waals surface area contributed by atoms with E-state index in [2.05, 4.69) is 5.32 Å². The molecule has 0 spiro atoms. The number of carbonyl (C=O) groups is 3. The standard InChI is InChI=1S/C14H16N2O4/c17-12-5-7-16(8-6-15-12)13(18)9-10-3-1-2-4-11(10)14(19)20/h1-4H,5-9H2,(H,15,17)(H,19,20). The maximum absolute atomic E-state index is 12.2. The number of nitrogens with one attached hydrogen (secondary N) is 1. The summed E-state index contributed by atoms with van der Waals surface area (Å²) in [5, 5.41) is 11.8. The zero-order chi connectivity index (χ0) is 14.5. The molecule has 0 aromatic heterocycles. The second-order valence-corrected chi connectivity index (χ2v) is 4.62. The third-order valence-electron chi connectivity index (χ3n) is 3.25. The van der Waals surface area contributed by atoms with Crippen molar-refractivity contribution >= 4 is 17.8 Å². The largest absolute Gasteiger partial charge is 0.478 e. The molecule has 0 saturated carbocycles. The van der Waals surface area contributed by atoms with E-state index >= 15 is 0 Å². The zero-order valence-electron chi connectivity index (χ0n) is 11.0. The molecule has 6 heteroatoms. The van der Waals surface area contributed by atoms with Crippen LogP contribution in [0, 0.1) is 0 Å². The number of nitrogens with zero attached hydrogens (tertiary/aromatic N) is 1.